The zero-order valence-corrected chi connectivity index (χ0v) is 16.1. The number of carboxylic acid groups (broad SMARTS) is 1. The van der Waals surface area contributed by atoms with E-state index < -0.39 is 21.8 Å². The number of aliphatic carboxylic acids is 1. The van der Waals surface area contributed by atoms with Crippen LogP contribution in [0, 0.1) is 18.7 Å². The van der Waals surface area contributed by atoms with E-state index in [0.717, 1.165) is 12.5 Å². The van der Waals surface area contributed by atoms with Gasteiger partial charge in [0.15, 0.2) is 0 Å². The van der Waals surface area contributed by atoms with Crippen LogP contribution in [0.15, 0.2) is 17.0 Å². The Morgan fingerprint density at radius 1 is 1.48 bits per heavy atom. The topological polar surface area (TPSA) is 86.7 Å². The number of hydrogen-bond acceptors (Lipinski definition) is 4. The minimum atomic E-state index is -3.82. The summed E-state index contributed by atoms with van der Waals surface area (Å²) in [5.74, 6) is -1.48. The second kappa shape index (κ2) is 9.14. The number of sulfonamides is 1. The second-order valence-corrected chi connectivity index (χ2v) is 8.24. The van der Waals surface area contributed by atoms with Gasteiger partial charge in [-0.2, -0.15) is 4.31 Å². The standard InChI is InChI=1S/C15H20ClFN2O4S.ClH/c1-10-5-14(12(16)6-13(10)17)24(22,23)19-4-2-3-11(9-19)7-18-8-15(20)21;/h5-6,11,18H,2-4,7-9H2,1H3,(H,20,21);1H. The van der Waals surface area contributed by atoms with Crippen molar-refractivity contribution in [3.05, 3.63) is 28.5 Å². The molecule has 0 amide bonds. The SMILES string of the molecule is Cc1cc(S(=O)(=O)N2CCCC(CNCC(=O)O)C2)c(Cl)cc1F.Cl. The second-order valence-electron chi connectivity index (χ2n) is 5.93. The van der Waals surface area contributed by atoms with Crippen LogP contribution in [0.5, 0.6) is 0 Å². The summed E-state index contributed by atoms with van der Waals surface area (Å²) in [6, 6.07) is 2.26. The molecule has 10 heteroatoms. The molecule has 142 valence electrons. The van der Waals surface area contributed by atoms with Crippen LogP contribution in [0.2, 0.25) is 5.02 Å². The average molecular weight is 415 g/mol. The van der Waals surface area contributed by atoms with Crippen molar-refractivity contribution in [2.24, 2.45) is 5.92 Å². The number of piperidine rings is 1. The molecule has 25 heavy (non-hydrogen) atoms. The maximum Gasteiger partial charge on any atom is 0.317 e. The van der Waals surface area contributed by atoms with Gasteiger partial charge < -0.3 is 10.4 Å². The van der Waals surface area contributed by atoms with Crippen LogP contribution in [0.4, 0.5) is 4.39 Å². The number of benzene rings is 1. The molecular weight excluding hydrogens is 394 g/mol. The molecule has 1 aromatic carbocycles. The summed E-state index contributed by atoms with van der Waals surface area (Å²) in [5, 5.41) is 11.3. The number of nitrogens with zero attached hydrogens (tertiary/aromatic N) is 1. The fourth-order valence-electron chi connectivity index (χ4n) is 2.76. The van der Waals surface area contributed by atoms with Gasteiger partial charge in [-0.15, -0.1) is 12.4 Å². The maximum atomic E-state index is 13.5. The third kappa shape index (κ3) is 5.52. The lowest BCUT2D eigenvalue weighted by Gasteiger charge is -2.32. The minimum Gasteiger partial charge on any atom is -0.480 e. The van der Waals surface area contributed by atoms with E-state index in [-0.39, 0.29) is 46.9 Å². The molecule has 1 atom stereocenters. The molecule has 0 spiro atoms. The Kier molecular flexibility index (Phi) is 8.08. The first-order valence-electron chi connectivity index (χ1n) is 7.60. The molecule has 6 nitrogen and oxygen atoms in total. The number of rotatable bonds is 6. The number of nitrogens with one attached hydrogen (secondary N) is 1. The molecule has 2 rings (SSSR count). The van der Waals surface area contributed by atoms with E-state index in [1.54, 1.807) is 0 Å². The van der Waals surface area contributed by atoms with Gasteiger partial charge in [-0.05, 0) is 49.9 Å². The first kappa shape index (κ1) is 22.1. The van der Waals surface area contributed by atoms with Crippen molar-refractivity contribution in [1.29, 1.82) is 0 Å². The molecule has 1 unspecified atom stereocenters. The molecule has 1 aromatic rings. The van der Waals surface area contributed by atoms with E-state index in [0.29, 0.717) is 19.5 Å². The van der Waals surface area contributed by atoms with E-state index in [9.17, 15) is 17.6 Å². The Bertz CT molecular complexity index is 730. The van der Waals surface area contributed by atoms with E-state index in [1.165, 1.54) is 17.3 Å². The predicted octanol–water partition coefficient (Wildman–Crippen LogP) is 2.28. The molecule has 1 fully saturated rings. The lowest BCUT2D eigenvalue weighted by atomic mass is 10.00. The number of halogens is 3. The fraction of sp³-hybridized carbons (Fsp3) is 0.533. The van der Waals surface area contributed by atoms with Crippen molar-refractivity contribution in [3.63, 3.8) is 0 Å². The van der Waals surface area contributed by atoms with Crippen LogP contribution in [-0.2, 0) is 14.8 Å². The molecule has 0 aromatic heterocycles. The van der Waals surface area contributed by atoms with E-state index in [4.69, 9.17) is 16.7 Å². The Balaban J connectivity index is 0.00000312. The van der Waals surface area contributed by atoms with Crippen LogP contribution in [0.25, 0.3) is 0 Å². The number of carboxylic acids is 1. The largest absolute Gasteiger partial charge is 0.480 e. The zero-order valence-electron chi connectivity index (χ0n) is 13.7. The van der Waals surface area contributed by atoms with Gasteiger partial charge in [-0.3, -0.25) is 4.79 Å². The quantitative estimate of drug-likeness (QED) is 0.745. The lowest BCUT2D eigenvalue weighted by molar-refractivity contribution is -0.136. The monoisotopic (exact) mass is 414 g/mol. The highest BCUT2D eigenvalue weighted by Gasteiger charge is 2.32. The molecule has 1 heterocycles. The van der Waals surface area contributed by atoms with E-state index in [2.05, 4.69) is 5.32 Å². The van der Waals surface area contributed by atoms with Gasteiger partial charge in [0.1, 0.15) is 10.7 Å². The Labute approximate surface area is 157 Å². The van der Waals surface area contributed by atoms with Gasteiger partial charge in [0.25, 0.3) is 0 Å². The van der Waals surface area contributed by atoms with Gasteiger partial charge in [0.2, 0.25) is 10.0 Å². The highest BCUT2D eigenvalue weighted by Crippen LogP contribution is 2.30. The van der Waals surface area contributed by atoms with Crippen molar-refractivity contribution in [2.45, 2.75) is 24.7 Å². The van der Waals surface area contributed by atoms with Crippen molar-refractivity contribution in [2.75, 3.05) is 26.2 Å². The number of hydrogen-bond donors (Lipinski definition) is 2. The Morgan fingerprint density at radius 3 is 2.80 bits per heavy atom. The lowest BCUT2D eigenvalue weighted by Crippen LogP contribution is -2.43. The summed E-state index contributed by atoms with van der Waals surface area (Å²) in [7, 11) is -3.82. The predicted molar refractivity (Wildman–Crippen MR) is 95.4 cm³/mol. The Hall–Kier alpha value is -0.930. The smallest absolute Gasteiger partial charge is 0.317 e. The Morgan fingerprint density at radius 2 is 2.16 bits per heavy atom. The van der Waals surface area contributed by atoms with Crippen LogP contribution >= 0.6 is 24.0 Å². The molecule has 0 saturated carbocycles. The molecule has 1 aliphatic rings. The summed E-state index contributed by atoms with van der Waals surface area (Å²) >= 11 is 5.94. The summed E-state index contributed by atoms with van der Waals surface area (Å²) in [4.78, 5) is 10.4. The van der Waals surface area contributed by atoms with Crippen molar-refractivity contribution in [1.82, 2.24) is 9.62 Å². The van der Waals surface area contributed by atoms with Crippen molar-refractivity contribution in [3.8, 4) is 0 Å². The number of aryl methyl sites for hydroxylation is 1. The minimum absolute atomic E-state index is 0. The third-order valence-electron chi connectivity index (χ3n) is 4.02. The van der Waals surface area contributed by atoms with E-state index >= 15 is 0 Å². The summed E-state index contributed by atoms with van der Waals surface area (Å²) in [6.45, 7) is 2.40. The molecule has 0 radical (unpaired) electrons. The highest BCUT2D eigenvalue weighted by atomic mass is 35.5. The molecule has 0 bridgehead atoms. The summed E-state index contributed by atoms with van der Waals surface area (Å²) < 4.78 is 40.5. The molecule has 2 N–H and O–H groups in total. The number of carbonyl (C=O) groups is 1. The van der Waals surface area contributed by atoms with Gasteiger partial charge >= 0.3 is 5.97 Å². The zero-order chi connectivity index (χ0) is 17.9. The first-order valence-corrected chi connectivity index (χ1v) is 9.42. The fourth-order valence-corrected chi connectivity index (χ4v) is 4.89. The summed E-state index contributed by atoms with van der Waals surface area (Å²) in [6.07, 6.45) is 1.49. The molecular formula is C15H21Cl2FN2O4S. The first-order chi connectivity index (χ1) is 11.2. The summed E-state index contributed by atoms with van der Waals surface area (Å²) in [5.41, 5.74) is 0.217. The van der Waals surface area contributed by atoms with Gasteiger partial charge in [0, 0.05) is 13.1 Å². The van der Waals surface area contributed by atoms with Gasteiger partial charge in [-0.25, -0.2) is 12.8 Å². The van der Waals surface area contributed by atoms with Gasteiger partial charge in [-0.1, -0.05) is 11.6 Å². The van der Waals surface area contributed by atoms with Crippen LogP contribution in [-0.4, -0.2) is 50.0 Å². The van der Waals surface area contributed by atoms with Crippen LogP contribution in [0.3, 0.4) is 0 Å². The van der Waals surface area contributed by atoms with Crippen LogP contribution in [0.1, 0.15) is 18.4 Å². The van der Waals surface area contributed by atoms with Gasteiger partial charge in [0.05, 0.1) is 11.6 Å². The normalized spacial score (nSPS) is 18.6. The molecule has 1 saturated heterocycles. The van der Waals surface area contributed by atoms with Crippen molar-refractivity contribution < 1.29 is 22.7 Å². The molecule has 0 aliphatic carbocycles. The third-order valence-corrected chi connectivity index (χ3v) is 6.35. The maximum absolute atomic E-state index is 13.5. The average Bonchev–Trinajstić information content (AvgIpc) is 2.50. The van der Waals surface area contributed by atoms with Crippen molar-refractivity contribution >= 4 is 40.0 Å². The van der Waals surface area contributed by atoms with Crippen LogP contribution < -0.4 is 5.32 Å². The highest BCUT2D eigenvalue weighted by molar-refractivity contribution is 7.89. The molecule has 1 aliphatic heterocycles. The van der Waals surface area contributed by atoms with E-state index in [1.807, 2.05) is 0 Å².